The van der Waals surface area contributed by atoms with Crippen LogP contribution in [0.3, 0.4) is 0 Å². The number of nitrogens with one attached hydrogen (secondary N) is 2. The third-order valence-electron chi connectivity index (χ3n) is 2.40. The number of rotatable bonds is 4. The van der Waals surface area contributed by atoms with Gasteiger partial charge in [-0.1, -0.05) is 0 Å². The van der Waals surface area contributed by atoms with Crippen molar-refractivity contribution in [1.29, 1.82) is 0 Å². The van der Waals surface area contributed by atoms with Gasteiger partial charge in [0.2, 0.25) is 5.91 Å². The van der Waals surface area contributed by atoms with Gasteiger partial charge < -0.3 is 16.0 Å². The average molecular weight is 233 g/mol. The van der Waals surface area contributed by atoms with Gasteiger partial charge in [-0.25, -0.2) is 4.39 Å². The first kappa shape index (κ1) is 11.2. The molecule has 0 radical (unpaired) electrons. The molecular weight excluding hydrogens is 221 g/mol. The summed E-state index contributed by atoms with van der Waals surface area (Å²) < 4.78 is 13.4. The van der Waals surface area contributed by atoms with Gasteiger partial charge in [0.15, 0.2) is 0 Å². The molecular formula is C12H12FN3O. The summed E-state index contributed by atoms with van der Waals surface area (Å²) in [5.74, 6) is -0.986. The molecule has 0 unspecified atom stereocenters. The zero-order valence-electron chi connectivity index (χ0n) is 9.03. The number of amides is 1. The first-order chi connectivity index (χ1) is 8.16. The molecule has 1 aromatic carbocycles. The summed E-state index contributed by atoms with van der Waals surface area (Å²) in [6.45, 7) is 0.475. The molecule has 88 valence electrons. The molecule has 0 aliphatic heterocycles. The van der Waals surface area contributed by atoms with Crippen LogP contribution in [0.2, 0.25) is 0 Å². The van der Waals surface area contributed by atoms with Crippen LogP contribution in [0.4, 0.5) is 10.1 Å². The van der Waals surface area contributed by atoms with E-state index in [1.54, 1.807) is 6.20 Å². The molecule has 4 N–H and O–H groups in total. The Labute approximate surface area is 97.6 Å². The highest BCUT2D eigenvalue weighted by Gasteiger charge is 2.06. The summed E-state index contributed by atoms with van der Waals surface area (Å²) in [4.78, 5) is 13.9. The Morgan fingerprint density at radius 2 is 2.24 bits per heavy atom. The van der Waals surface area contributed by atoms with Crippen LogP contribution >= 0.6 is 0 Å². The third kappa shape index (κ3) is 2.63. The van der Waals surface area contributed by atoms with Crippen LogP contribution in [0, 0.1) is 5.82 Å². The van der Waals surface area contributed by atoms with Crippen LogP contribution in [0.15, 0.2) is 36.7 Å². The molecule has 0 saturated heterocycles. The molecule has 0 atom stereocenters. The highest BCUT2D eigenvalue weighted by atomic mass is 19.1. The van der Waals surface area contributed by atoms with Crippen molar-refractivity contribution in [2.75, 3.05) is 5.32 Å². The maximum atomic E-state index is 13.4. The zero-order chi connectivity index (χ0) is 12.3. The number of carbonyl (C=O) groups excluding carboxylic acids is 1. The van der Waals surface area contributed by atoms with Crippen molar-refractivity contribution in [2.24, 2.45) is 5.73 Å². The first-order valence-electron chi connectivity index (χ1n) is 5.11. The van der Waals surface area contributed by atoms with Gasteiger partial charge in [0.25, 0.3) is 0 Å². The van der Waals surface area contributed by atoms with Crippen LogP contribution in [-0.2, 0) is 6.54 Å². The summed E-state index contributed by atoms with van der Waals surface area (Å²) in [7, 11) is 0. The van der Waals surface area contributed by atoms with Crippen molar-refractivity contribution < 1.29 is 9.18 Å². The molecule has 1 amide bonds. The predicted octanol–water partition coefficient (Wildman–Crippen LogP) is 1.86. The molecule has 4 nitrogen and oxygen atoms in total. The first-order valence-corrected chi connectivity index (χ1v) is 5.11. The lowest BCUT2D eigenvalue weighted by molar-refractivity contribution is 0.100. The fraction of sp³-hybridized carbons (Fsp3) is 0.0833. The van der Waals surface area contributed by atoms with Gasteiger partial charge in [-0.2, -0.15) is 0 Å². The van der Waals surface area contributed by atoms with Gasteiger partial charge in [-0.15, -0.1) is 0 Å². The summed E-state index contributed by atoms with van der Waals surface area (Å²) >= 11 is 0. The molecule has 5 heteroatoms. The average Bonchev–Trinajstić information content (AvgIpc) is 2.80. The van der Waals surface area contributed by atoms with Gasteiger partial charge in [-0.05, 0) is 29.8 Å². The van der Waals surface area contributed by atoms with Crippen LogP contribution < -0.4 is 11.1 Å². The second-order valence-corrected chi connectivity index (χ2v) is 3.63. The largest absolute Gasteiger partial charge is 0.379 e. The summed E-state index contributed by atoms with van der Waals surface area (Å²) in [6, 6.07) is 5.87. The number of hydrogen-bond donors (Lipinski definition) is 3. The zero-order valence-corrected chi connectivity index (χ0v) is 9.03. The predicted molar refractivity (Wildman–Crippen MR) is 63.0 cm³/mol. The van der Waals surface area contributed by atoms with E-state index in [0.29, 0.717) is 6.54 Å². The second kappa shape index (κ2) is 4.69. The summed E-state index contributed by atoms with van der Waals surface area (Å²) in [5, 5.41) is 2.91. The topological polar surface area (TPSA) is 70.9 Å². The Bertz CT molecular complexity index is 523. The van der Waals surface area contributed by atoms with Crippen LogP contribution in [-0.4, -0.2) is 10.9 Å². The molecule has 0 saturated carbocycles. The van der Waals surface area contributed by atoms with Crippen LogP contribution in [0.1, 0.15) is 15.9 Å². The van der Waals surface area contributed by atoms with E-state index in [-0.39, 0.29) is 11.3 Å². The van der Waals surface area contributed by atoms with Gasteiger partial charge in [0.1, 0.15) is 5.82 Å². The van der Waals surface area contributed by atoms with E-state index in [9.17, 15) is 9.18 Å². The van der Waals surface area contributed by atoms with Crippen molar-refractivity contribution in [3.63, 3.8) is 0 Å². The Hall–Kier alpha value is -2.30. The van der Waals surface area contributed by atoms with E-state index in [1.807, 2.05) is 12.3 Å². The van der Waals surface area contributed by atoms with Crippen molar-refractivity contribution in [3.05, 3.63) is 53.6 Å². The quantitative estimate of drug-likeness (QED) is 0.754. The number of anilines is 1. The maximum absolute atomic E-state index is 13.4. The van der Waals surface area contributed by atoms with Gasteiger partial charge in [0.05, 0.1) is 5.69 Å². The Morgan fingerprint density at radius 3 is 2.88 bits per heavy atom. The van der Waals surface area contributed by atoms with E-state index in [0.717, 1.165) is 5.56 Å². The minimum absolute atomic E-state index is 0.266. The monoisotopic (exact) mass is 233 g/mol. The number of benzene rings is 1. The van der Waals surface area contributed by atoms with E-state index in [4.69, 9.17) is 5.73 Å². The lowest BCUT2D eigenvalue weighted by atomic mass is 10.2. The number of carbonyl (C=O) groups is 1. The number of nitrogens with two attached hydrogens (primary N) is 1. The number of primary amides is 1. The molecule has 1 heterocycles. The lowest BCUT2D eigenvalue weighted by Crippen LogP contribution is -2.12. The van der Waals surface area contributed by atoms with Gasteiger partial charge in [0, 0.05) is 24.5 Å². The molecule has 0 aliphatic carbocycles. The molecule has 2 rings (SSSR count). The molecule has 17 heavy (non-hydrogen) atoms. The molecule has 0 bridgehead atoms. The van der Waals surface area contributed by atoms with Crippen molar-refractivity contribution in [2.45, 2.75) is 6.54 Å². The smallest absolute Gasteiger partial charge is 0.248 e. The minimum atomic E-state index is -0.574. The van der Waals surface area contributed by atoms with Gasteiger partial charge in [-0.3, -0.25) is 4.79 Å². The van der Waals surface area contributed by atoms with Crippen LogP contribution in [0.25, 0.3) is 0 Å². The number of aromatic amines is 1. The molecule has 0 aliphatic rings. The second-order valence-electron chi connectivity index (χ2n) is 3.63. The molecule has 2 aromatic rings. The minimum Gasteiger partial charge on any atom is -0.379 e. The summed E-state index contributed by atoms with van der Waals surface area (Å²) in [6.07, 6.45) is 3.59. The van der Waals surface area contributed by atoms with E-state index in [2.05, 4.69) is 10.3 Å². The normalized spacial score (nSPS) is 10.2. The highest BCUT2D eigenvalue weighted by molar-refractivity contribution is 5.93. The van der Waals surface area contributed by atoms with Crippen molar-refractivity contribution in [1.82, 2.24) is 4.98 Å². The number of H-pyrrole nitrogens is 1. The Morgan fingerprint density at radius 1 is 1.41 bits per heavy atom. The summed E-state index contributed by atoms with van der Waals surface area (Å²) in [5.41, 5.74) is 6.67. The fourth-order valence-electron chi connectivity index (χ4n) is 1.48. The highest BCUT2D eigenvalue weighted by Crippen LogP contribution is 2.16. The standard InChI is InChI=1S/C12H12FN3O/c13-10-2-1-9(12(14)17)5-11(10)16-7-8-3-4-15-6-8/h1-6,15-16H,7H2,(H2,14,17). The van der Waals surface area contributed by atoms with Crippen molar-refractivity contribution >= 4 is 11.6 Å². The Kier molecular flexibility index (Phi) is 3.09. The van der Waals surface area contributed by atoms with E-state index in [1.165, 1.54) is 18.2 Å². The fourth-order valence-corrected chi connectivity index (χ4v) is 1.48. The lowest BCUT2D eigenvalue weighted by Gasteiger charge is -2.07. The van der Waals surface area contributed by atoms with E-state index >= 15 is 0 Å². The van der Waals surface area contributed by atoms with Gasteiger partial charge >= 0.3 is 0 Å². The van der Waals surface area contributed by atoms with Crippen LogP contribution in [0.5, 0.6) is 0 Å². The number of aromatic nitrogens is 1. The molecule has 0 fully saturated rings. The SMILES string of the molecule is NC(=O)c1ccc(F)c(NCc2cc[nH]c2)c1. The maximum Gasteiger partial charge on any atom is 0.248 e. The van der Waals surface area contributed by atoms with Crippen molar-refractivity contribution in [3.8, 4) is 0 Å². The number of hydrogen-bond acceptors (Lipinski definition) is 2. The molecule has 1 aromatic heterocycles. The van der Waals surface area contributed by atoms with E-state index < -0.39 is 11.7 Å². The molecule has 0 spiro atoms. The number of halogens is 1. The Balaban J connectivity index is 2.14. The third-order valence-corrected chi connectivity index (χ3v) is 2.40.